The Balaban J connectivity index is 1.31. The number of furan rings is 1. The highest BCUT2D eigenvalue weighted by Gasteiger charge is 2.31. The summed E-state index contributed by atoms with van der Waals surface area (Å²) in [6.45, 7) is 2.31. The standard InChI is InChI=1S/C17H17N5O2/c23-15-4-3-14(12-1-2-12)20-22(15)10-11-8-21(9-11)17-16-13(5-6-24-16)7-18-19-17/h3-7,11-12H,1-2,8-10H2. The fourth-order valence-electron chi connectivity index (χ4n) is 3.30. The molecular weight excluding hydrogens is 306 g/mol. The molecule has 0 bridgehead atoms. The summed E-state index contributed by atoms with van der Waals surface area (Å²) in [5.74, 6) is 1.72. The molecule has 0 radical (unpaired) electrons. The van der Waals surface area contributed by atoms with Crippen LogP contribution in [0, 0.1) is 5.92 Å². The zero-order valence-corrected chi connectivity index (χ0v) is 13.1. The third-order valence-corrected chi connectivity index (χ3v) is 4.82. The predicted octanol–water partition coefficient (Wildman–Crippen LogP) is 1.79. The average Bonchev–Trinajstić information content (AvgIpc) is 3.29. The van der Waals surface area contributed by atoms with Crippen molar-refractivity contribution in [1.29, 1.82) is 0 Å². The van der Waals surface area contributed by atoms with E-state index in [2.05, 4.69) is 20.2 Å². The fraction of sp³-hybridized carbons (Fsp3) is 0.412. The van der Waals surface area contributed by atoms with Gasteiger partial charge < -0.3 is 9.32 Å². The van der Waals surface area contributed by atoms with Crippen LogP contribution < -0.4 is 10.5 Å². The largest absolute Gasteiger partial charge is 0.460 e. The van der Waals surface area contributed by atoms with Crippen LogP contribution in [-0.2, 0) is 6.54 Å². The van der Waals surface area contributed by atoms with E-state index in [1.54, 1.807) is 23.2 Å². The summed E-state index contributed by atoms with van der Waals surface area (Å²) in [6.07, 6.45) is 5.73. The van der Waals surface area contributed by atoms with Gasteiger partial charge in [0.25, 0.3) is 5.56 Å². The minimum Gasteiger partial charge on any atom is -0.460 e. The Labute approximate surface area is 137 Å². The minimum absolute atomic E-state index is 0.0224. The quantitative estimate of drug-likeness (QED) is 0.728. The SMILES string of the molecule is O=c1ccc(C2CC2)nn1CC1CN(c2nncc3ccoc23)C1. The maximum Gasteiger partial charge on any atom is 0.266 e. The van der Waals surface area contributed by atoms with Crippen LogP contribution in [0.2, 0.25) is 0 Å². The van der Waals surface area contributed by atoms with E-state index in [0.29, 0.717) is 18.4 Å². The van der Waals surface area contributed by atoms with E-state index in [-0.39, 0.29) is 5.56 Å². The number of nitrogens with zero attached hydrogens (tertiary/aromatic N) is 5. The van der Waals surface area contributed by atoms with Crippen LogP contribution in [0.15, 0.2) is 39.9 Å². The molecule has 1 saturated carbocycles. The van der Waals surface area contributed by atoms with Crippen molar-refractivity contribution in [2.45, 2.75) is 25.3 Å². The van der Waals surface area contributed by atoms with Crippen molar-refractivity contribution in [2.75, 3.05) is 18.0 Å². The van der Waals surface area contributed by atoms with Crippen molar-refractivity contribution >= 4 is 16.8 Å². The summed E-state index contributed by atoms with van der Waals surface area (Å²) in [7, 11) is 0. The monoisotopic (exact) mass is 323 g/mol. The van der Waals surface area contributed by atoms with E-state index in [9.17, 15) is 4.79 Å². The van der Waals surface area contributed by atoms with Gasteiger partial charge in [0.15, 0.2) is 11.4 Å². The second-order valence-corrected chi connectivity index (χ2v) is 6.70. The van der Waals surface area contributed by atoms with Gasteiger partial charge in [0.2, 0.25) is 0 Å². The molecule has 5 rings (SSSR count). The van der Waals surface area contributed by atoms with E-state index < -0.39 is 0 Å². The maximum absolute atomic E-state index is 12.0. The lowest BCUT2D eigenvalue weighted by molar-refractivity contribution is 0.330. The van der Waals surface area contributed by atoms with Crippen molar-refractivity contribution in [3.05, 3.63) is 46.7 Å². The summed E-state index contributed by atoms with van der Waals surface area (Å²) in [6, 6.07) is 5.40. The van der Waals surface area contributed by atoms with Gasteiger partial charge in [-0.15, -0.1) is 5.10 Å². The fourth-order valence-corrected chi connectivity index (χ4v) is 3.30. The summed E-state index contributed by atoms with van der Waals surface area (Å²) >= 11 is 0. The zero-order valence-electron chi connectivity index (χ0n) is 13.1. The molecule has 122 valence electrons. The van der Waals surface area contributed by atoms with Crippen LogP contribution in [0.5, 0.6) is 0 Å². The van der Waals surface area contributed by atoms with Crippen LogP contribution in [0.4, 0.5) is 5.82 Å². The first-order valence-corrected chi connectivity index (χ1v) is 8.30. The van der Waals surface area contributed by atoms with Crippen molar-refractivity contribution in [1.82, 2.24) is 20.0 Å². The van der Waals surface area contributed by atoms with Crippen LogP contribution in [0.25, 0.3) is 11.0 Å². The molecule has 0 N–H and O–H groups in total. The lowest BCUT2D eigenvalue weighted by Gasteiger charge is -2.39. The number of aromatic nitrogens is 4. The molecule has 1 aliphatic carbocycles. The van der Waals surface area contributed by atoms with Gasteiger partial charge in [-0.2, -0.15) is 10.2 Å². The van der Waals surface area contributed by atoms with Crippen LogP contribution in [0.1, 0.15) is 24.5 Å². The molecule has 7 heteroatoms. The summed E-state index contributed by atoms with van der Waals surface area (Å²) in [5.41, 5.74) is 1.80. The molecular formula is C17H17N5O2. The van der Waals surface area contributed by atoms with Crippen molar-refractivity contribution in [2.24, 2.45) is 5.92 Å². The van der Waals surface area contributed by atoms with E-state index >= 15 is 0 Å². The number of anilines is 1. The Morgan fingerprint density at radius 2 is 2.08 bits per heavy atom. The second kappa shape index (κ2) is 5.15. The normalized spacial score (nSPS) is 18.1. The van der Waals surface area contributed by atoms with Crippen LogP contribution >= 0.6 is 0 Å². The van der Waals surface area contributed by atoms with Crippen LogP contribution in [0.3, 0.4) is 0 Å². The highest BCUT2D eigenvalue weighted by molar-refractivity contribution is 5.86. The number of rotatable bonds is 4. The Morgan fingerprint density at radius 3 is 2.92 bits per heavy atom. The molecule has 2 fully saturated rings. The lowest BCUT2D eigenvalue weighted by atomic mass is 10.00. The van der Waals surface area contributed by atoms with Crippen molar-refractivity contribution < 1.29 is 4.42 Å². The zero-order chi connectivity index (χ0) is 16.1. The van der Waals surface area contributed by atoms with Crippen molar-refractivity contribution in [3.63, 3.8) is 0 Å². The maximum atomic E-state index is 12.0. The Morgan fingerprint density at radius 1 is 1.21 bits per heavy atom. The smallest absolute Gasteiger partial charge is 0.266 e. The van der Waals surface area contributed by atoms with Gasteiger partial charge in [-0.1, -0.05) is 0 Å². The summed E-state index contributed by atoms with van der Waals surface area (Å²) in [4.78, 5) is 14.2. The first-order valence-electron chi connectivity index (χ1n) is 8.30. The van der Waals surface area contributed by atoms with E-state index in [1.165, 1.54) is 12.8 Å². The van der Waals surface area contributed by atoms with Gasteiger partial charge in [0, 0.05) is 36.4 Å². The third kappa shape index (κ3) is 2.28. The topological polar surface area (TPSA) is 77.1 Å². The first-order chi connectivity index (χ1) is 11.8. The van der Waals surface area contributed by atoms with E-state index in [4.69, 9.17) is 4.42 Å². The molecule has 1 saturated heterocycles. The number of hydrogen-bond acceptors (Lipinski definition) is 6. The molecule has 0 aromatic carbocycles. The second-order valence-electron chi connectivity index (χ2n) is 6.70. The third-order valence-electron chi connectivity index (χ3n) is 4.82. The summed E-state index contributed by atoms with van der Waals surface area (Å²) < 4.78 is 7.14. The van der Waals surface area contributed by atoms with Gasteiger partial charge in [0.1, 0.15) is 0 Å². The molecule has 1 aliphatic heterocycles. The summed E-state index contributed by atoms with van der Waals surface area (Å²) in [5, 5.41) is 13.7. The van der Waals surface area contributed by atoms with Gasteiger partial charge in [-0.25, -0.2) is 4.68 Å². The Kier molecular flexibility index (Phi) is 2.95. The molecule has 24 heavy (non-hydrogen) atoms. The number of hydrogen-bond donors (Lipinski definition) is 0. The molecule has 4 heterocycles. The average molecular weight is 323 g/mol. The molecule has 0 atom stereocenters. The lowest BCUT2D eigenvalue weighted by Crippen LogP contribution is -2.50. The molecule has 2 aliphatic rings. The van der Waals surface area contributed by atoms with Crippen molar-refractivity contribution in [3.8, 4) is 0 Å². The Bertz CT molecular complexity index is 953. The molecule has 3 aromatic rings. The molecule has 0 unspecified atom stereocenters. The highest BCUT2D eigenvalue weighted by atomic mass is 16.3. The Hall–Kier alpha value is -2.70. The van der Waals surface area contributed by atoms with E-state index in [1.807, 2.05) is 12.1 Å². The minimum atomic E-state index is -0.0224. The van der Waals surface area contributed by atoms with Crippen LogP contribution in [-0.4, -0.2) is 33.1 Å². The van der Waals surface area contributed by atoms with E-state index in [0.717, 1.165) is 35.6 Å². The first kappa shape index (κ1) is 13.7. The van der Waals surface area contributed by atoms with Gasteiger partial charge >= 0.3 is 0 Å². The van der Waals surface area contributed by atoms with Gasteiger partial charge in [-0.05, 0) is 25.0 Å². The molecule has 0 spiro atoms. The molecule has 7 nitrogen and oxygen atoms in total. The molecule has 0 amide bonds. The predicted molar refractivity (Wildman–Crippen MR) is 88.0 cm³/mol. The highest BCUT2D eigenvalue weighted by Crippen LogP contribution is 2.38. The van der Waals surface area contributed by atoms with Gasteiger partial charge in [-0.3, -0.25) is 4.79 Å². The van der Waals surface area contributed by atoms with Gasteiger partial charge in [0.05, 0.1) is 24.7 Å². The molecule has 3 aromatic heterocycles. The number of fused-ring (bicyclic) bond motifs is 1.